The first kappa shape index (κ1) is 30.5. The van der Waals surface area contributed by atoms with Crippen molar-refractivity contribution < 1.29 is 27.2 Å². The van der Waals surface area contributed by atoms with Gasteiger partial charge in [-0.2, -0.15) is 13.2 Å². The number of fused-ring (bicyclic) bond motifs is 1. The number of anilines is 1. The van der Waals surface area contributed by atoms with Crippen LogP contribution >= 0.6 is 0 Å². The number of aromatic nitrogens is 1. The molecule has 0 saturated heterocycles. The number of aromatic amines is 1. The summed E-state index contributed by atoms with van der Waals surface area (Å²) in [6, 6.07) is 23.2. The Kier molecular flexibility index (Phi) is 9.08. The fourth-order valence-corrected chi connectivity index (χ4v) is 5.04. The van der Waals surface area contributed by atoms with Crippen molar-refractivity contribution in [2.45, 2.75) is 25.7 Å². The van der Waals surface area contributed by atoms with Crippen molar-refractivity contribution in [1.82, 2.24) is 14.8 Å². The van der Waals surface area contributed by atoms with E-state index < -0.39 is 17.6 Å². The van der Waals surface area contributed by atoms with Gasteiger partial charge in [0.25, 0.3) is 5.91 Å². The number of hydrogen-bond acceptors (Lipinski definition) is 4. The highest BCUT2D eigenvalue weighted by Crippen LogP contribution is 2.29. The van der Waals surface area contributed by atoms with Gasteiger partial charge in [-0.25, -0.2) is 0 Å². The first-order chi connectivity index (χ1) is 21.1. The number of halogens is 3. The van der Waals surface area contributed by atoms with E-state index in [0.29, 0.717) is 25.3 Å². The summed E-state index contributed by atoms with van der Waals surface area (Å²) in [6.45, 7) is 0.397. The minimum atomic E-state index is -4.53. The molecule has 0 saturated carbocycles. The molecule has 228 valence electrons. The van der Waals surface area contributed by atoms with Gasteiger partial charge < -0.3 is 24.1 Å². The molecular formula is C34H33F3N4O3. The van der Waals surface area contributed by atoms with Crippen molar-refractivity contribution in [3.8, 4) is 0 Å². The number of H-pyrrole nitrogens is 1. The second-order valence-corrected chi connectivity index (χ2v) is 10.8. The maximum absolute atomic E-state index is 13.9. The molecule has 0 atom stereocenters. The molecule has 5 aromatic rings. The van der Waals surface area contributed by atoms with Crippen LogP contribution in [0.4, 0.5) is 18.9 Å². The van der Waals surface area contributed by atoms with E-state index in [9.17, 15) is 22.8 Å². The maximum atomic E-state index is 13.9. The molecule has 0 bridgehead atoms. The van der Waals surface area contributed by atoms with E-state index in [2.05, 4.69) is 4.98 Å². The molecule has 0 aliphatic carbocycles. The average molecular weight is 603 g/mol. The lowest BCUT2D eigenvalue weighted by molar-refractivity contribution is -0.137. The summed E-state index contributed by atoms with van der Waals surface area (Å²) in [6.07, 6.45) is -0.544. The van der Waals surface area contributed by atoms with Crippen molar-refractivity contribution in [3.05, 3.63) is 125 Å². The molecule has 0 fully saturated rings. The molecular weight excluding hydrogens is 569 g/mol. The quantitative estimate of drug-likeness (QED) is 0.181. The van der Waals surface area contributed by atoms with Crippen molar-refractivity contribution in [2.75, 3.05) is 32.1 Å². The van der Waals surface area contributed by atoms with Crippen LogP contribution in [0.15, 0.2) is 102 Å². The number of nitrogens with zero attached hydrogens (tertiary/aromatic N) is 3. The van der Waals surface area contributed by atoms with E-state index >= 15 is 0 Å². The number of carbonyl (C=O) groups is 2. The van der Waals surface area contributed by atoms with Crippen molar-refractivity contribution in [1.29, 1.82) is 0 Å². The molecule has 0 spiro atoms. The smallest absolute Gasteiger partial charge is 0.416 e. The number of rotatable bonds is 11. The summed E-state index contributed by atoms with van der Waals surface area (Å²) in [5.41, 5.74) is 3.21. The highest BCUT2D eigenvalue weighted by Gasteiger charge is 2.31. The van der Waals surface area contributed by atoms with E-state index in [1.165, 1.54) is 11.2 Å². The number of alkyl halides is 3. The fraction of sp³-hybridized carbons (Fsp3) is 0.235. The summed E-state index contributed by atoms with van der Waals surface area (Å²) in [7, 11) is 3.90. The van der Waals surface area contributed by atoms with Crippen LogP contribution in [-0.4, -0.2) is 53.8 Å². The normalized spacial score (nSPS) is 11.5. The third-order valence-electron chi connectivity index (χ3n) is 7.50. The van der Waals surface area contributed by atoms with Crippen molar-refractivity contribution in [3.63, 3.8) is 0 Å². The van der Waals surface area contributed by atoms with E-state index in [-0.39, 0.29) is 24.6 Å². The van der Waals surface area contributed by atoms with Gasteiger partial charge >= 0.3 is 6.18 Å². The Morgan fingerprint density at radius 1 is 0.841 bits per heavy atom. The molecule has 2 heterocycles. The van der Waals surface area contributed by atoms with Crippen LogP contribution in [0.1, 0.15) is 32.8 Å². The largest absolute Gasteiger partial charge is 0.467 e. The standard InChI is InChI=1S/C34H33F3N4O3/c1-39(2)28-15-9-24(10-16-28)21-40(18-17-26-20-38-31-8-4-3-7-30(26)31)32(42)23-41(22-29-6-5-19-44-29)33(43)25-11-13-27(14-12-25)34(35,36)37/h3-16,19-20,38H,17-18,21-23H2,1-2H3. The zero-order valence-corrected chi connectivity index (χ0v) is 24.5. The Bertz CT molecular complexity index is 1690. The van der Waals surface area contributed by atoms with Gasteiger partial charge in [-0.05, 0) is 72.1 Å². The molecule has 3 aromatic carbocycles. The number of carbonyl (C=O) groups excluding carboxylic acids is 2. The van der Waals surface area contributed by atoms with Crippen LogP contribution < -0.4 is 4.90 Å². The van der Waals surface area contributed by atoms with Crippen molar-refractivity contribution in [2.24, 2.45) is 0 Å². The van der Waals surface area contributed by atoms with Crippen LogP contribution in [0.3, 0.4) is 0 Å². The topological polar surface area (TPSA) is 72.8 Å². The van der Waals surface area contributed by atoms with Crippen LogP contribution in [0, 0.1) is 0 Å². The number of amides is 2. The Labute approximate surface area is 253 Å². The van der Waals surface area contributed by atoms with E-state index in [4.69, 9.17) is 4.42 Å². The lowest BCUT2D eigenvalue weighted by Gasteiger charge is -2.28. The molecule has 7 nitrogen and oxygen atoms in total. The highest BCUT2D eigenvalue weighted by molar-refractivity contribution is 5.96. The molecule has 0 radical (unpaired) electrons. The Morgan fingerprint density at radius 3 is 2.23 bits per heavy atom. The summed E-state index contributed by atoms with van der Waals surface area (Å²) < 4.78 is 44.8. The van der Waals surface area contributed by atoms with Gasteiger partial charge in [-0.1, -0.05) is 30.3 Å². The van der Waals surface area contributed by atoms with Crippen LogP contribution in [0.5, 0.6) is 0 Å². The van der Waals surface area contributed by atoms with Crippen molar-refractivity contribution >= 4 is 28.4 Å². The predicted molar refractivity (Wildman–Crippen MR) is 163 cm³/mol. The van der Waals surface area contributed by atoms with E-state index in [1.807, 2.05) is 73.7 Å². The molecule has 0 aliphatic heterocycles. The predicted octanol–water partition coefficient (Wildman–Crippen LogP) is 6.76. The van der Waals surface area contributed by atoms with Crippen LogP contribution in [0.25, 0.3) is 10.9 Å². The maximum Gasteiger partial charge on any atom is 0.416 e. The van der Waals surface area contributed by atoms with E-state index in [0.717, 1.165) is 52.0 Å². The zero-order chi connectivity index (χ0) is 31.3. The molecule has 0 unspecified atom stereocenters. The Balaban J connectivity index is 1.39. The molecule has 2 aromatic heterocycles. The van der Waals surface area contributed by atoms with Gasteiger partial charge in [-0.15, -0.1) is 0 Å². The first-order valence-electron chi connectivity index (χ1n) is 14.2. The highest BCUT2D eigenvalue weighted by atomic mass is 19.4. The lowest BCUT2D eigenvalue weighted by atomic mass is 10.1. The monoisotopic (exact) mass is 602 g/mol. The SMILES string of the molecule is CN(C)c1ccc(CN(CCc2c[nH]c3ccccc23)C(=O)CN(Cc2ccco2)C(=O)c2ccc(C(F)(F)F)cc2)cc1. The first-order valence-corrected chi connectivity index (χ1v) is 14.2. The minimum absolute atomic E-state index is 0.0214. The minimum Gasteiger partial charge on any atom is -0.467 e. The summed E-state index contributed by atoms with van der Waals surface area (Å²) in [5.74, 6) is -0.425. The molecule has 2 amide bonds. The molecule has 10 heteroatoms. The second-order valence-electron chi connectivity index (χ2n) is 10.8. The van der Waals surface area contributed by atoms with Gasteiger partial charge in [0.2, 0.25) is 5.91 Å². The number of para-hydroxylation sites is 1. The third kappa shape index (κ3) is 7.31. The molecule has 5 rings (SSSR count). The molecule has 0 aliphatic rings. The molecule has 44 heavy (non-hydrogen) atoms. The lowest BCUT2D eigenvalue weighted by Crippen LogP contribution is -2.43. The summed E-state index contributed by atoms with van der Waals surface area (Å²) in [4.78, 5) is 35.8. The average Bonchev–Trinajstić information content (AvgIpc) is 3.68. The summed E-state index contributed by atoms with van der Waals surface area (Å²) in [5, 5.41) is 1.08. The number of nitrogens with one attached hydrogen (secondary N) is 1. The Hall–Kier alpha value is -4.99. The number of benzene rings is 3. The second kappa shape index (κ2) is 13.1. The van der Waals surface area contributed by atoms with Gasteiger partial charge in [-0.3, -0.25) is 9.59 Å². The number of furan rings is 1. The van der Waals surface area contributed by atoms with Gasteiger partial charge in [0.1, 0.15) is 12.3 Å². The third-order valence-corrected chi connectivity index (χ3v) is 7.50. The van der Waals surface area contributed by atoms with Gasteiger partial charge in [0.15, 0.2) is 0 Å². The zero-order valence-electron chi connectivity index (χ0n) is 24.5. The van der Waals surface area contributed by atoms with E-state index in [1.54, 1.807) is 17.0 Å². The fourth-order valence-electron chi connectivity index (χ4n) is 5.04. The van der Waals surface area contributed by atoms with Gasteiger partial charge in [0, 0.05) is 55.5 Å². The van der Waals surface area contributed by atoms with Crippen LogP contribution in [-0.2, 0) is 30.5 Å². The number of hydrogen-bond donors (Lipinski definition) is 1. The molecule has 1 N–H and O–H groups in total. The van der Waals surface area contributed by atoms with Crippen LogP contribution in [0.2, 0.25) is 0 Å². The summed E-state index contributed by atoms with van der Waals surface area (Å²) >= 11 is 0. The Morgan fingerprint density at radius 2 is 1.57 bits per heavy atom. The van der Waals surface area contributed by atoms with Gasteiger partial charge in [0.05, 0.1) is 18.4 Å².